The fraction of sp³-hybridized carbons (Fsp3) is 0.610. The Morgan fingerprint density at radius 1 is 0.338 bits per heavy atom. The number of hydrogen-bond donors (Lipinski definition) is 0. The largest absolute Gasteiger partial charge is 0.462 e. The van der Waals surface area contributed by atoms with Crippen LogP contribution in [0.1, 0.15) is 213 Å². The molecule has 6 nitrogen and oxygen atoms in total. The third-order valence-corrected chi connectivity index (χ3v) is 10.6. The summed E-state index contributed by atoms with van der Waals surface area (Å²) in [5.74, 6) is -1.03. The predicted octanol–water partition coefficient (Wildman–Crippen LogP) is 17.3. The molecule has 0 aromatic heterocycles. The van der Waals surface area contributed by atoms with E-state index in [1.807, 2.05) is 48.6 Å². The summed E-state index contributed by atoms with van der Waals surface area (Å²) in [6.45, 7) is 6.34. The lowest BCUT2D eigenvalue weighted by atomic mass is 10.0. The Hall–Kier alpha value is -4.19. The van der Waals surface area contributed by atoms with Crippen LogP contribution in [0, 0.1) is 0 Å². The normalized spacial score (nSPS) is 13.1. The maximum Gasteiger partial charge on any atom is 0.306 e. The van der Waals surface area contributed by atoms with E-state index in [-0.39, 0.29) is 31.6 Å². The molecule has 0 aromatic rings. The molecule has 0 saturated carbocycles. The van der Waals surface area contributed by atoms with Crippen LogP contribution in [0.5, 0.6) is 0 Å². The van der Waals surface area contributed by atoms with Gasteiger partial charge in [0, 0.05) is 19.3 Å². The number of allylic oxidation sites excluding steroid dienone is 20. The van der Waals surface area contributed by atoms with Crippen molar-refractivity contribution in [3.63, 3.8) is 0 Å². The molecule has 1 atom stereocenters. The van der Waals surface area contributed by atoms with E-state index in [1.54, 1.807) is 0 Å². The Kier molecular flexibility index (Phi) is 49.1. The van der Waals surface area contributed by atoms with E-state index in [9.17, 15) is 14.4 Å². The highest BCUT2D eigenvalue weighted by Gasteiger charge is 2.19. The lowest BCUT2D eigenvalue weighted by Gasteiger charge is -2.18. The van der Waals surface area contributed by atoms with Crippen LogP contribution in [0.15, 0.2) is 122 Å². The monoisotopic (exact) mass is 899 g/mol. The molecular weight excluding hydrogens is 805 g/mol. The fourth-order valence-electron chi connectivity index (χ4n) is 6.70. The molecule has 366 valence electrons. The first-order valence-electron chi connectivity index (χ1n) is 26.1. The average Bonchev–Trinajstić information content (AvgIpc) is 3.30. The number of rotatable bonds is 45. The first kappa shape index (κ1) is 60.8. The molecule has 0 N–H and O–H groups in total. The van der Waals surface area contributed by atoms with Crippen molar-refractivity contribution in [1.29, 1.82) is 0 Å². The van der Waals surface area contributed by atoms with E-state index >= 15 is 0 Å². The number of esters is 3. The van der Waals surface area contributed by atoms with Gasteiger partial charge in [-0.25, -0.2) is 0 Å². The lowest BCUT2D eigenvalue weighted by molar-refractivity contribution is -0.166. The molecule has 0 aliphatic rings. The summed E-state index contributed by atoms with van der Waals surface area (Å²) in [6, 6.07) is 0. The molecule has 0 aliphatic heterocycles. The van der Waals surface area contributed by atoms with Gasteiger partial charge >= 0.3 is 17.9 Å². The first-order valence-corrected chi connectivity index (χ1v) is 26.1. The summed E-state index contributed by atoms with van der Waals surface area (Å²) in [5.41, 5.74) is 0. The number of carbonyl (C=O) groups excluding carboxylic acids is 3. The van der Waals surface area contributed by atoms with Crippen molar-refractivity contribution in [2.24, 2.45) is 0 Å². The molecule has 0 spiro atoms. The van der Waals surface area contributed by atoms with Crippen LogP contribution in [0.3, 0.4) is 0 Å². The minimum Gasteiger partial charge on any atom is -0.462 e. The Balaban J connectivity index is 4.56. The number of carbonyl (C=O) groups is 3. The van der Waals surface area contributed by atoms with Crippen LogP contribution >= 0.6 is 0 Å². The topological polar surface area (TPSA) is 78.9 Å². The van der Waals surface area contributed by atoms with Crippen LogP contribution in [-0.2, 0) is 28.6 Å². The molecule has 0 fully saturated rings. The standard InChI is InChI=1S/C59H94O6/c1-4-7-10-13-16-19-22-25-27-29-30-32-34-37-40-43-46-49-52-58(61)64-55-56(54-63-57(60)51-48-45-42-39-36-33-24-21-18-15-12-9-6-3)65-59(62)53-50-47-44-41-38-35-31-28-26-23-20-17-14-11-8-5-2/h8,10-11,13,16-17,19-20,22,25-30,32,35,38,44,47,56H,4-7,9,12,14-15,18,21,23-24,31,33-34,36-37,39-43,45-46,48-55H2,1-3H3/b11-8-,13-10-,19-16-,20-17-,25-22-,28-26-,29-27-,32-30-,38-35-,47-44-. The van der Waals surface area contributed by atoms with Crippen LogP contribution in [0.2, 0.25) is 0 Å². The smallest absolute Gasteiger partial charge is 0.306 e. The van der Waals surface area contributed by atoms with Crippen LogP contribution in [0.25, 0.3) is 0 Å². The SMILES string of the molecule is CC/C=C\C/C=C\C/C=C\C/C=C\C/C=C\CCC(=O)OC(COC(=O)CCCCCCC\C=C/C=C\C=C/C=C\C=C/CCC)COC(=O)CCCCCCCCCCCCCCC. The predicted molar refractivity (Wildman–Crippen MR) is 279 cm³/mol. The maximum absolute atomic E-state index is 12.8. The molecule has 0 bridgehead atoms. The molecule has 0 rings (SSSR count). The molecule has 0 heterocycles. The van der Waals surface area contributed by atoms with Gasteiger partial charge in [-0.05, 0) is 70.6 Å². The highest BCUT2D eigenvalue weighted by atomic mass is 16.6. The molecule has 65 heavy (non-hydrogen) atoms. The van der Waals surface area contributed by atoms with Gasteiger partial charge in [0.25, 0.3) is 0 Å². The minimum absolute atomic E-state index is 0.118. The van der Waals surface area contributed by atoms with E-state index in [1.165, 1.54) is 70.6 Å². The fourth-order valence-corrected chi connectivity index (χ4v) is 6.70. The van der Waals surface area contributed by atoms with E-state index in [2.05, 4.69) is 93.7 Å². The van der Waals surface area contributed by atoms with Gasteiger partial charge in [-0.3, -0.25) is 14.4 Å². The lowest BCUT2D eigenvalue weighted by Crippen LogP contribution is -2.30. The average molecular weight is 899 g/mol. The molecule has 0 aromatic carbocycles. The zero-order chi connectivity index (χ0) is 47.2. The quantitative estimate of drug-likeness (QED) is 0.0199. The second-order valence-corrected chi connectivity index (χ2v) is 16.8. The first-order chi connectivity index (χ1) is 32.0. The van der Waals surface area contributed by atoms with Crippen molar-refractivity contribution < 1.29 is 28.6 Å². The van der Waals surface area contributed by atoms with Gasteiger partial charge in [0.15, 0.2) is 6.10 Å². The van der Waals surface area contributed by atoms with Crippen molar-refractivity contribution >= 4 is 17.9 Å². The Morgan fingerprint density at radius 3 is 1.17 bits per heavy atom. The van der Waals surface area contributed by atoms with Crippen molar-refractivity contribution in [2.75, 3.05) is 13.2 Å². The summed E-state index contributed by atoms with van der Waals surface area (Å²) in [6.07, 6.45) is 71.8. The van der Waals surface area contributed by atoms with E-state index in [0.717, 1.165) is 96.3 Å². The van der Waals surface area contributed by atoms with Gasteiger partial charge in [-0.1, -0.05) is 245 Å². The van der Waals surface area contributed by atoms with Crippen molar-refractivity contribution in [3.05, 3.63) is 122 Å². The molecular formula is C59H94O6. The van der Waals surface area contributed by atoms with Crippen LogP contribution < -0.4 is 0 Å². The zero-order valence-corrected chi connectivity index (χ0v) is 41.7. The van der Waals surface area contributed by atoms with Gasteiger partial charge in [0.1, 0.15) is 13.2 Å². The Labute approximate surface area is 399 Å². The number of hydrogen-bond acceptors (Lipinski definition) is 6. The van der Waals surface area contributed by atoms with Gasteiger partial charge in [0.2, 0.25) is 0 Å². The van der Waals surface area contributed by atoms with Crippen LogP contribution in [0.4, 0.5) is 0 Å². The van der Waals surface area contributed by atoms with E-state index in [0.29, 0.717) is 19.3 Å². The van der Waals surface area contributed by atoms with Gasteiger partial charge in [-0.2, -0.15) is 0 Å². The number of ether oxygens (including phenoxy) is 3. The molecule has 6 heteroatoms. The molecule has 0 amide bonds. The van der Waals surface area contributed by atoms with Crippen LogP contribution in [-0.4, -0.2) is 37.2 Å². The molecule has 0 aliphatic carbocycles. The second-order valence-electron chi connectivity index (χ2n) is 16.8. The minimum atomic E-state index is -0.830. The van der Waals surface area contributed by atoms with Crippen molar-refractivity contribution in [3.8, 4) is 0 Å². The van der Waals surface area contributed by atoms with Crippen molar-refractivity contribution in [2.45, 2.75) is 219 Å². The molecule has 0 saturated heterocycles. The Morgan fingerprint density at radius 2 is 0.723 bits per heavy atom. The molecule has 0 radical (unpaired) electrons. The van der Waals surface area contributed by atoms with Gasteiger partial charge in [0.05, 0.1) is 0 Å². The van der Waals surface area contributed by atoms with Crippen molar-refractivity contribution in [1.82, 2.24) is 0 Å². The zero-order valence-electron chi connectivity index (χ0n) is 41.7. The van der Waals surface area contributed by atoms with Gasteiger partial charge in [-0.15, -0.1) is 0 Å². The third kappa shape index (κ3) is 50.7. The molecule has 1 unspecified atom stereocenters. The van der Waals surface area contributed by atoms with Gasteiger partial charge < -0.3 is 14.2 Å². The second kappa shape index (κ2) is 52.4. The summed E-state index contributed by atoms with van der Waals surface area (Å²) >= 11 is 0. The summed E-state index contributed by atoms with van der Waals surface area (Å²) < 4.78 is 16.7. The maximum atomic E-state index is 12.8. The Bertz CT molecular complexity index is 1400. The number of unbranched alkanes of at least 4 members (excludes halogenated alkanes) is 18. The third-order valence-electron chi connectivity index (χ3n) is 10.6. The van der Waals surface area contributed by atoms with E-state index in [4.69, 9.17) is 14.2 Å². The summed E-state index contributed by atoms with van der Waals surface area (Å²) in [7, 11) is 0. The van der Waals surface area contributed by atoms with E-state index < -0.39 is 12.1 Å². The summed E-state index contributed by atoms with van der Waals surface area (Å²) in [4.78, 5) is 38.0. The highest BCUT2D eigenvalue weighted by molar-refractivity contribution is 5.71. The highest BCUT2D eigenvalue weighted by Crippen LogP contribution is 2.14. The summed E-state index contributed by atoms with van der Waals surface area (Å²) in [5, 5.41) is 0.